The molecule has 0 aromatic carbocycles. The number of carboxylic acid groups (broad SMARTS) is 2. The molecule has 0 fully saturated rings. The summed E-state index contributed by atoms with van der Waals surface area (Å²) in [4.78, 5) is 21.1. The Labute approximate surface area is 93.5 Å². The van der Waals surface area contributed by atoms with E-state index in [1.807, 2.05) is 0 Å². The third kappa shape index (κ3) is 5.67. The molecule has 0 heterocycles. The zero-order valence-electron chi connectivity index (χ0n) is 9.00. The standard InChI is InChI=1S/C10H18O6/c11-5-7(9(13)14)3-1-2-4-8(6-12)10(15)16/h7-8,11-12H,1-6H2,(H,13,14)(H,15,16). The van der Waals surface area contributed by atoms with Gasteiger partial charge in [-0.05, 0) is 12.8 Å². The van der Waals surface area contributed by atoms with Crippen molar-refractivity contribution in [1.29, 1.82) is 0 Å². The van der Waals surface area contributed by atoms with E-state index in [0.717, 1.165) is 0 Å². The van der Waals surface area contributed by atoms with E-state index < -0.39 is 37.0 Å². The van der Waals surface area contributed by atoms with Crippen LogP contribution in [0.2, 0.25) is 0 Å². The van der Waals surface area contributed by atoms with Crippen LogP contribution in [0, 0.1) is 11.8 Å². The summed E-state index contributed by atoms with van der Waals surface area (Å²) in [6, 6.07) is 0. The molecule has 94 valence electrons. The molecule has 6 heteroatoms. The summed E-state index contributed by atoms with van der Waals surface area (Å²) < 4.78 is 0. The highest BCUT2D eigenvalue weighted by Crippen LogP contribution is 2.13. The fraction of sp³-hybridized carbons (Fsp3) is 0.800. The maximum absolute atomic E-state index is 10.5. The molecule has 0 rings (SSSR count). The third-order valence-corrected chi connectivity index (χ3v) is 2.49. The van der Waals surface area contributed by atoms with E-state index in [-0.39, 0.29) is 0 Å². The van der Waals surface area contributed by atoms with Crippen LogP contribution in [0.3, 0.4) is 0 Å². The van der Waals surface area contributed by atoms with Crippen molar-refractivity contribution in [3.8, 4) is 0 Å². The smallest absolute Gasteiger partial charge is 0.308 e. The molecule has 0 aromatic rings. The summed E-state index contributed by atoms with van der Waals surface area (Å²) >= 11 is 0. The summed E-state index contributed by atoms with van der Waals surface area (Å²) in [6.07, 6.45) is 1.70. The van der Waals surface area contributed by atoms with Crippen molar-refractivity contribution < 1.29 is 30.0 Å². The second-order valence-electron chi connectivity index (χ2n) is 3.72. The van der Waals surface area contributed by atoms with Crippen molar-refractivity contribution in [3.05, 3.63) is 0 Å². The summed E-state index contributed by atoms with van der Waals surface area (Å²) in [5, 5.41) is 34.7. The van der Waals surface area contributed by atoms with Crippen molar-refractivity contribution >= 4 is 11.9 Å². The topological polar surface area (TPSA) is 115 Å². The number of hydrogen-bond donors (Lipinski definition) is 4. The van der Waals surface area contributed by atoms with Gasteiger partial charge in [-0.15, -0.1) is 0 Å². The molecule has 0 aliphatic carbocycles. The Bertz CT molecular complexity index is 203. The van der Waals surface area contributed by atoms with Gasteiger partial charge >= 0.3 is 11.9 Å². The van der Waals surface area contributed by atoms with Gasteiger partial charge in [-0.2, -0.15) is 0 Å². The molecule has 2 atom stereocenters. The molecule has 0 saturated heterocycles. The van der Waals surface area contributed by atoms with E-state index in [4.69, 9.17) is 20.4 Å². The predicted molar refractivity (Wildman–Crippen MR) is 54.9 cm³/mol. The Hall–Kier alpha value is -1.14. The molecule has 2 unspecified atom stereocenters. The Morgan fingerprint density at radius 3 is 1.31 bits per heavy atom. The Balaban J connectivity index is 3.73. The molecule has 0 spiro atoms. The average Bonchev–Trinajstić information content (AvgIpc) is 2.22. The van der Waals surface area contributed by atoms with Gasteiger partial charge in [0.1, 0.15) is 0 Å². The fourth-order valence-corrected chi connectivity index (χ4v) is 1.37. The van der Waals surface area contributed by atoms with Gasteiger partial charge in [-0.25, -0.2) is 0 Å². The van der Waals surface area contributed by atoms with Crippen LogP contribution in [0.25, 0.3) is 0 Å². The quantitative estimate of drug-likeness (QED) is 0.415. The monoisotopic (exact) mass is 234 g/mol. The van der Waals surface area contributed by atoms with E-state index in [9.17, 15) is 9.59 Å². The predicted octanol–water partition coefficient (Wildman–Crippen LogP) is -0.0670. The highest BCUT2D eigenvalue weighted by atomic mass is 16.4. The number of aliphatic carboxylic acids is 2. The number of unbranched alkanes of at least 4 members (excludes halogenated alkanes) is 1. The second-order valence-corrected chi connectivity index (χ2v) is 3.72. The first kappa shape index (κ1) is 14.9. The molecule has 0 amide bonds. The van der Waals surface area contributed by atoms with Crippen molar-refractivity contribution in [1.82, 2.24) is 0 Å². The second kappa shape index (κ2) is 8.06. The van der Waals surface area contributed by atoms with E-state index in [1.165, 1.54) is 0 Å². The van der Waals surface area contributed by atoms with Crippen LogP contribution in [0.15, 0.2) is 0 Å². The lowest BCUT2D eigenvalue weighted by atomic mass is 9.98. The first-order valence-electron chi connectivity index (χ1n) is 5.20. The van der Waals surface area contributed by atoms with E-state index in [2.05, 4.69) is 0 Å². The van der Waals surface area contributed by atoms with Crippen LogP contribution >= 0.6 is 0 Å². The van der Waals surface area contributed by atoms with Crippen molar-refractivity contribution in [2.45, 2.75) is 25.7 Å². The van der Waals surface area contributed by atoms with E-state index in [1.54, 1.807) is 0 Å². The van der Waals surface area contributed by atoms with Crippen molar-refractivity contribution in [3.63, 3.8) is 0 Å². The normalized spacial score (nSPS) is 14.4. The maximum atomic E-state index is 10.5. The lowest BCUT2D eigenvalue weighted by Gasteiger charge is -2.10. The zero-order valence-corrected chi connectivity index (χ0v) is 9.00. The number of hydrogen-bond acceptors (Lipinski definition) is 4. The summed E-state index contributed by atoms with van der Waals surface area (Å²) in [5.74, 6) is -3.64. The Kier molecular flexibility index (Phi) is 7.49. The van der Waals surface area contributed by atoms with Crippen molar-refractivity contribution in [2.24, 2.45) is 11.8 Å². The van der Waals surface area contributed by atoms with Crippen LogP contribution in [-0.2, 0) is 9.59 Å². The minimum Gasteiger partial charge on any atom is -0.481 e. The van der Waals surface area contributed by atoms with Gasteiger partial charge in [0.05, 0.1) is 25.0 Å². The molecular formula is C10H18O6. The van der Waals surface area contributed by atoms with E-state index in [0.29, 0.717) is 25.7 Å². The maximum Gasteiger partial charge on any atom is 0.308 e. The molecule has 16 heavy (non-hydrogen) atoms. The third-order valence-electron chi connectivity index (χ3n) is 2.49. The Morgan fingerprint density at radius 1 is 0.812 bits per heavy atom. The van der Waals surface area contributed by atoms with Crippen LogP contribution < -0.4 is 0 Å². The van der Waals surface area contributed by atoms with Gasteiger partial charge in [0.25, 0.3) is 0 Å². The summed E-state index contributed by atoms with van der Waals surface area (Å²) in [7, 11) is 0. The number of carbonyl (C=O) groups is 2. The molecular weight excluding hydrogens is 216 g/mol. The first-order chi connectivity index (χ1) is 7.52. The van der Waals surface area contributed by atoms with Gasteiger partial charge < -0.3 is 20.4 Å². The number of aliphatic hydroxyl groups excluding tert-OH is 2. The minimum absolute atomic E-state index is 0.323. The zero-order chi connectivity index (χ0) is 12.6. The van der Waals surface area contributed by atoms with Crippen LogP contribution in [0.5, 0.6) is 0 Å². The lowest BCUT2D eigenvalue weighted by Crippen LogP contribution is -2.19. The van der Waals surface area contributed by atoms with Gasteiger partial charge in [0.2, 0.25) is 0 Å². The molecule has 0 bridgehead atoms. The molecule has 0 aliphatic rings. The average molecular weight is 234 g/mol. The van der Waals surface area contributed by atoms with Gasteiger partial charge in [0.15, 0.2) is 0 Å². The summed E-state index contributed by atoms with van der Waals surface area (Å²) in [6.45, 7) is -0.810. The number of aliphatic hydroxyl groups is 2. The van der Waals surface area contributed by atoms with Crippen LogP contribution in [0.1, 0.15) is 25.7 Å². The molecule has 0 saturated carbocycles. The summed E-state index contributed by atoms with van der Waals surface area (Å²) in [5.41, 5.74) is 0. The number of rotatable bonds is 9. The molecule has 0 aliphatic heterocycles. The fourth-order valence-electron chi connectivity index (χ4n) is 1.37. The lowest BCUT2D eigenvalue weighted by molar-refractivity contribution is -0.144. The van der Waals surface area contributed by atoms with Gasteiger partial charge in [0, 0.05) is 0 Å². The molecule has 4 N–H and O–H groups in total. The van der Waals surface area contributed by atoms with Crippen molar-refractivity contribution in [2.75, 3.05) is 13.2 Å². The number of carboxylic acids is 2. The Morgan fingerprint density at radius 2 is 1.12 bits per heavy atom. The van der Waals surface area contributed by atoms with Crippen LogP contribution in [0.4, 0.5) is 0 Å². The van der Waals surface area contributed by atoms with E-state index >= 15 is 0 Å². The first-order valence-corrected chi connectivity index (χ1v) is 5.20. The van der Waals surface area contributed by atoms with Gasteiger partial charge in [-0.1, -0.05) is 12.8 Å². The van der Waals surface area contributed by atoms with Crippen LogP contribution in [-0.4, -0.2) is 45.6 Å². The largest absolute Gasteiger partial charge is 0.481 e. The molecule has 6 nitrogen and oxygen atoms in total. The highest BCUT2D eigenvalue weighted by Gasteiger charge is 2.18. The highest BCUT2D eigenvalue weighted by molar-refractivity contribution is 5.70. The minimum atomic E-state index is -1.04. The molecule has 0 aromatic heterocycles. The SMILES string of the molecule is O=C(O)C(CO)CCCCC(CO)C(=O)O. The molecule has 0 radical (unpaired) electrons. The van der Waals surface area contributed by atoms with Gasteiger partial charge in [-0.3, -0.25) is 9.59 Å².